The number of rotatable bonds is 3. The Bertz CT molecular complexity index is 422. The molecule has 0 aromatic heterocycles. The van der Waals surface area contributed by atoms with Gasteiger partial charge in [-0.05, 0) is 47.3 Å². The van der Waals surface area contributed by atoms with Gasteiger partial charge in [-0.15, -0.1) is 0 Å². The first kappa shape index (κ1) is 13.4. The maximum absolute atomic E-state index is 11.1. The number of carbonyl (C=O) groups is 1. The molecular formula is C14H18BrNO2. The summed E-state index contributed by atoms with van der Waals surface area (Å²) in [5.74, 6) is -0.194. The van der Waals surface area contributed by atoms with Crippen molar-refractivity contribution in [2.45, 2.75) is 44.8 Å². The van der Waals surface area contributed by atoms with Gasteiger partial charge in [0.2, 0.25) is 0 Å². The number of ether oxygens (including phenoxy) is 1. The fourth-order valence-electron chi connectivity index (χ4n) is 2.39. The molecule has 0 saturated heterocycles. The molecule has 1 N–H and O–H groups in total. The van der Waals surface area contributed by atoms with E-state index in [2.05, 4.69) is 21.2 Å². The van der Waals surface area contributed by atoms with E-state index < -0.39 is 0 Å². The quantitative estimate of drug-likeness (QED) is 0.864. The van der Waals surface area contributed by atoms with Crippen LogP contribution in [0.3, 0.4) is 0 Å². The zero-order chi connectivity index (χ0) is 13.0. The molecule has 0 radical (unpaired) electrons. The molecule has 0 bridgehead atoms. The summed E-state index contributed by atoms with van der Waals surface area (Å²) < 4.78 is 6.44. The number of nitrogens with one attached hydrogen (secondary N) is 1. The molecule has 2 unspecified atom stereocenters. The van der Waals surface area contributed by atoms with Crippen LogP contribution in [0, 0.1) is 0 Å². The van der Waals surface area contributed by atoms with Crippen molar-refractivity contribution >= 4 is 27.6 Å². The topological polar surface area (TPSA) is 38.3 Å². The summed E-state index contributed by atoms with van der Waals surface area (Å²) in [6, 6.07) is 8.23. The predicted molar refractivity (Wildman–Crippen MR) is 75.6 cm³/mol. The van der Waals surface area contributed by atoms with Crippen molar-refractivity contribution in [2.75, 3.05) is 5.32 Å². The minimum atomic E-state index is -0.194. The standard InChI is InChI=1S/C14H18BrNO2/c1-10(17)18-14-9-5-4-8-13(14)16-12-7-3-2-6-11(12)15/h2-3,6-7,13-14,16H,4-5,8-9H2,1H3. The van der Waals surface area contributed by atoms with Gasteiger partial charge >= 0.3 is 5.97 Å². The Hall–Kier alpha value is -1.03. The van der Waals surface area contributed by atoms with Gasteiger partial charge < -0.3 is 10.1 Å². The third-order valence-electron chi connectivity index (χ3n) is 3.23. The molecular weight excluding hydrogens is 294 g/mol. The minimum Gasteiger partial charge on any atom is -0.460 e. The number of anilines is 1. The zero-order valence-electron chi connectivity index (χ0n) is 10.5. The number of esters is 1. The van der Waals surface area contributed by atoms with Crippen LogP contribution in [0.1, 0.15) is 32.6 Å². The Balaban J connectivity index is 2.05. The highest BCUT2D eigenvalue weighted by Crippen LogP contribution is 2.28. The van der Waals surface area contributed by atoms with Crippen molar-refractivity contribution in [3.63, 3.8) is 0 Å². The molecule has 1 aromatic carbocycles. The van der Waals surface area contributed by atoms with E-state index in [4.69, 9.17) is 4.74 Å². The zero-order valence-corrected chi connectivity index (χ0v) is 12.1. The molecule has 1 aromatic rings. The number of para-hydroxylation sites is 1. The van der Waals surface area contributed by atoms with E-state index in [-0.39, 0.29) is 18.1 Å². The Morgan fingerprint density at radius 1 is 1.33 bits per heavy atom. The van der Waals surface area contributed by atoms with Crippen LogP contribution in [0.25, 0.3) is 0 Å². The number of hydrogen-bond acceptors (Lipinski definition) is 3. The van der Waals surface area contributed by atoms with Crippen LogP contribution in [0.4, 0.5) is 5.69 Å². The van der Waals surface area contributed by atoms with E-state index in [1.807, 2.05) is 24.3 Å². The molecule has 1 fully saturated rings. The lowest BCUT2D eigenvalue weighted by atomic mass is 9.92. The Kier molecular flexibility index (Phi) is 4.64. The summed E-state index contributed by atoms with van der Waals surface area (Å²) in [6.45, 7) is 1.48. The first-order chi connectivity index (χ1) is 8.66. The van der Waals surface area contributed by atoms with Gasteiger partial charge in [0.15, 0.2) is 0 Å². The Morgan fingerprint density at radius 2 is 2.06 bits per heavy atom. The van der Waals surface area contributed by atoms with Crippen LogP contribution < -0.4 is 5.32 Å². The highest BCUT2D eigenvalue weighted by atomic mass is 79.9. The van der Waals surface area contributed by atoms with Crippen LogP contribution in [-0.4, -0.2) is 18.1 Å². The fourth-order valence-corrected chi connectivity index (χ4v) is 2.79. The highest BCUT2D eigenvalue weighted by molar-refractivity contribution is 9.10. The summed E-state index contributed by atoms with van der Waals surface area (Å²) >= 11 is 3.52. The minimum absolute atomic E-state index is 0.0108. The highest BCUT2D eigenvalue weighted by Gasteiger charge is 2.27. The summed E-state index contributed by atoms with van der Waals surface area (Å²) in [7, 11) is 0. The Labute approximate surface area is 116 Å². The Morgan fingerprint density at radius 3 is 2.78 bits per heavy atom. The number of hydrogen-bond donors (Lipinski definition) is 1. The second kappa shape index (κ2) is 6.23. The van der Waals surface area contributed by atoms with E-state index in [1.54, 1.807) is 0 Å². The summed E-state index contributed by atoms with van der Waals surface area (Å²) in [6.07, 6.45) is 4.29. The molecule has 0 aliphatic heterocycles. The third-order valence-corrected chi connectivity index (χ3v) is 3.93. The monoisotopic (exact) mass is 311 g/mol. The molecule has 0 spiro atoms. The first-order valence-corrected chi connectivity index (χ1v) is 7.14. The summed E-state index contributed by atoms with van der Waals surface area (Å²) in [4.78, 5) is 11.1. The van der Waals surface area contributed by atoms with Gasteiger partial charge in [-0.25, -0.2) is 0 Å². The van der Waals surface area contributed by atoms with Crippen molar-refractivity contribution in [3.05, 3.63) is 28.7 Å². The largest absolute Gasteiger partial charge is 0.460 e. The lowest BCUT2D eigenvalue weighted by Crippen LogP contribution is -2.39. The molecule has 18 heavy (non-hydrogen) atoms. The van der Waals surface area contributed by atoms with Crippen molar-refractivity contribution < 1.29 is 9.53 Å². The number of halogens is 1. The second-order valence-corrected chi connectivity index (χ2v) is 5.52. The number of benzene rings is 1. The van der Waals surface area contributed by atoms with Gasteiger partial charge in [0, 0.05) is 17.1 Å². The maximum Gasteiger partial charge on any atom is 0.302 e. The summed E-state index contributed by atoms with van der Waals surface area (Å²) in [5, 5.41) is 3.48. The third kappa shape index (κ3) is 3.48. The van der Waals surface area contributed by atoms with E-state index in [0.717, 1.165) is 29.4 Å². The SMILES string of the molecule is CC(=O)OC1CCCCC1Nc1ccccc1Br. The lowest BCUT2D eigenvalue weighted by molar-refractivity contribution is -0.148. The summed E-state index contributed by atoms with van der Waals surface area (Å²) in [5.41, 5.74) is 1.06. The molecule has 4 heteroatoms. The molecule has 1 aliphatic carbocycles. The van der Waals surface area contributed by atoms with Crippen molar-refractivity contribution in [2.24, 2.45) is 0 Å². The van der Waals surface area contributed by atoms with Crippen LogP contribution in [0.2, 0.25) is 0 Å². The van der Waals surface area contributed by atoms with Crippen molar-refractivity contribution in [1.29, 1.82) is 0 Å². The molecule has 1 saturated carbocycles. The van der Waals surface area contributed by atoms with Crippen LogP contribution in [-0.2, 0) is 9.53 Å². The van der Waals surface area contributed by atoms with Crippen molar-refractivity contribution in [3.8, 4) is 0 Å². The number of carbonyl (C=O) groups excluding carboxylic acids is 1. The van der Waals surface area contributed by atoms with Gasteiger partial charge in [0.25, 0.3) is 0 Å². The smallest absolute Gasteiger partial charge is 0.302 e. The van der Waals surface area contributed by atoms with Crippen LogP contribution in [0.15, 0.2) is 28.7 Å². The molecule has 2 atom stereocenters. The predicted octanol–water partition coefficient (Wildman–Crippen LogP) is 3.74. The molecule has 3 nitrogen and oxygen atoms in total. The second-order valence-electron chi connectivity index (χ2n) is 4.66. The van der Waals surface area contributed by atoms with Crippen molar-refractivity contribution in [1.82, 2.24) is 0 Å². The van der Waals surface area contributed by atoms with Crippen LogP contribution >= 0.6 is 15.9 Å². The van der Waals surface area contributed by atoms with Gasteiger partial charge in [0.05, 0.1) is 6.04 Å². The molecule has 0 amide bonds. The average Bonchev–Trinajstić information content (AvgIpc) is 2.34. The van der Waals surface area contributed by atoms with Gasteiger partial charge in [0.1, 0.15) is 6.10 Å². The van der Waals surface area contributed by atoms with E-state index >= 15 is 0 Å². The molecule has 98 valence electrons. The van der Waals surface area contributed by atoms with Gasteiger partial charge in [-0.2, -0.15) is 0 Å². The van der Waals surface area contributed by atoms with E-state index in [0.29, 0.717) is 0 Å². The van der Waals surface area contributed by atoms with Crippen LogP contribution in [0.5, 0.6) is 0 Å². The van der Waals surface area contributed by atoms with Gasteiger partial charge in [-0.3, -0.25) is 4.79 Å². The molecule has 1 aliphatic rings. The lowest BCUT2D eigenvalue weighted by Gasteiger charge is -2.32. The maximum atomic E-state index is 11.1. The van der Waals surface area contributed by atoms with Gasteiger partial charge in [-0.1, -0.05) is 18.6 Å². The van der Waals surface area contributed by atoms with E-state index in [9.17, 15) is 4.79 Å². The normalized spacial score (nSPS) is 23.4. The first-order valence-electron chi connectivity index (χ1n) is 6.35. The van der Waals surface area contributed by atoms with E-state index in [1.165, 1.54) is 13.3 Å². The average molecular weight is 312 g/mol. The molecule has 2 rings (SSSR count). The fraction of sp³-hybridized carbons (Fsp3) is 0.500. The molecule has 0 heterocycles.